The Morgan fingerprint density at radius 3 is 2.68 bits per heavy atom. The second kappa shape index (κ2) is 6.77. The zero-order valence-electron chi connectivity index (χ0n) is 11.3. The lowest BCUT2D eigenvalue weighted by molar-refractivity contribution is 0.412. The first-order valence-electron chi connectivity index (χ1n) is 6.72. The monoisotopic (exact) mass is 299 g/mol. The molecule has 106 valence electrons. The highest BCUT2D eigenvalue weighted by Crippen LogP contribution is 2.21. The van der Waals surface area contributed by atoms with Gasteiger partial charge in [-0.3, -0.25) is 0 Å². The van der Waals surface area contributed by atoms with Gasteiger partial charge in [-0.1, -0.05) is 31.4 Å². The second-order valence-corrected chi connectivity index (χ2v) is 7.62. The number of sulfonamides is 1. The quantitative estimate of drug-likeness (QED) is 0.908. The van der Waals surface area contributed by atoms with Crippen molar-refractivity contribution in [3.05, 3.63) is 29.8 Å². The molecule has 0 amide bonds. The molecule has 0 aliphatic heterocycles. The van der Waals surface area contributed by atoms with Gasteiger partial charge in [0.15, 0.2) is 0 Å². The van der Waals surface area contributed by atoms with E-state index in [9.17, 15) is 8.42 Å². The molecule has 0 unspecified atom stereocenters. The third kappa shape index (κ3) is 4.23. The molecule has 0 atom stereocenters. The van der Waals surface area contributed by atoms with Gasteiger partial charge in [0, 0.05) is 11.8 Å². The largest absolute Gasteiger partial charge is 0.240 e. The summed E-state index contributed by atoms with van der Waals surface area (Å²) in [5.41, 5.74) is 1.05. The van der Waals surface area contributed by atoms with E-state index in [0.717, 1.165) is 37.0 Å². The fourth-order valence-electron chi connectivity index (χ4n) is 2.48. The van der Waals surface area contributed by atoms with E-state index in [-0.39, 0.29) is 6.04 Å². The van der Waals surface area contributed by atoms with Gasteiger partial charge in [0.2, 0.25) is 10.0 Å². The molecule has 2 rings (SSSR count). The number of rotatable bonds is 5. The molecular weight excluding hydrogens is 278 g/mol. The van der Waals surface area contributed by atoms with Gasteiger partial charge in [0.1, 0.15) is 0 Å². The van der Waals surface area contributed by atoms with Crippen LogP contribution >= 0.6 is 11.8 Å². The van der Waals surface area contributed by atoms with Gasteiger partial charge < -0.3 is 0 Å². The molecule has 1 fully saturated rings. The molecule has 0 spiro atoms. The zero-order valence-corrected chi connectivity index (χ0v) is 12.9. The predicted octanol–water partition coefficient (Wildman–Crippen LogP) is 3.16. The number of benzene rings is 1. The van der Waals surface area contributed by atoms with Crippen molar-refractivity contribution in [2.75, 3.05) is 6.26 Å². The van der Waals surface area contributed by atoms with Crippen molar-refractivity contribution in [1.29, 1.82) is 0 Å². The fourth-order valence-corrected chi connectivity index (χ4v) is 4.36. The molecule has 19 heavy (non-hydrogen) atoms. The van der Waals surface area contributed by atoms with Gasteiger partial charge in [0.05, 0.1) is 4.90 Å². The average molecular weight is 299 g/mol. The fraction of sp³-hybridized carbons (Fsp3) is 0.571. The van der Waals surface area contributed by atoms with Crippen LogP contribution in [0.25, 0.3) is 0 Å². The average Bonchev–Trinajstić information content (AvgIpc) is 2.40. The van der Waals surface area contributed by atoms with Crippen molar-refractivity contribution in [2.24, 2.45) is 0 Å². The number of thioether (sulfide) groups is 1. The highest BCUT2D eigenvalue weighted by molar-refractivity contribution is 7.97. The zero-order chi connectivity index (χ0) is 13.7. The van der Waals surface area contributed by atoms with Crippen LogP contribution < -0.4 is 4.72 Å². The van der Waals surface area contributed by atoms with Crippen LogP contribution in [0.5, 0.6) is 0 Å². The smallest absolute Gasteiger partial charge is 0.208 e. The molecule has 3 nitrogen and oxygen atoms in total. The summed E-state index contributed by atoms with van der Waals surface area (Å²) in [6, 6.07) is 7.36. The molecule has 1 N–H and O–H groups in total. The molecule has 5 heteroatoms. The lowest BCUT2D eigenvalue weighted by Gasteiger charge is -2.22. The topological polar surface area (TPSA) is 46.2 Å². The van der Waals surface area contributed by atoms with Crippen LogP contribution in [0, 0.1) is 0 Å². The molecule has 1 aromatic rings. The predicted molar refractivity (Wildman–Crippen MR) is 80.9 cm³/mol. The minimum atomic E-state index is -3.36. The van der Waals surface area contributed by atoms with Gasteiger partial charge >= 0.3 is 0 Å². The molecule has 0 saturated heterocycles. The first-order chi connectivity index (χ1) is 9.12. The summed E-state index contributed by atoms with van der Waals surface area (Å²) in [5.74, 6) is 0.840. The van der Waals surface area contributed by atoms with Gasteiger partial charge in [0.25, 0.3) is 0 Å². The Morgan fingerprint density at radius 1 is 1.26 bits per heavy atom. The van der Waals surface area contributed by atoms with Crippen LogP contribution in [-0.2, 0) is 15.8 Å². The summed E-state index contributed by atoms with van der Waals surface area (Å²) in [7, 11) is -3.36. The molecule has 0 aromatic heterocycles. The van der Waals surface area contributed by atoms with E-state index in [1.165, 1.54) is 6.42 Å². The first kappa shape index (κ1) is 14.9. The Bertz CT molecular complexity index is 508. The molecule has 1 aromatic carbocycles. The van der Waals surface area contributed by atoms with E-state index >= 15 is 0 Å². The van der Waals surface area contributed by atoms with E-state index in [4.69, 9.17) is 0 Å². The first-order valence-corrected chi connectivity index (χ1v) is 9.60. The Labute approximate surface area is 120 Å². The maximum Gasteiger partial charge on any atom is 0.240 e. The highest BCUT2D eigenvalue weighted by atomic mass is 32.2. The maximum atomic E-state index is 12.3. The SMILES string of the molecule is CSCc1cccc(S(=O)(=O)NC2CCCCC2)c1. The Morgan fingerprint density at radius 2 is 2.00 bits per heavy atom. The molecule has 1 aliphatic carbocycles. The lowest BCUT2D eigenvalue weighted by atomic mass is 9.96. The molecule has 1 aliphatic rings. The minimum Gasteiger partial charge on any atom is -0.208 e. The van der Waals surface area contributed by atoms with Crippen LogP contribution in [0.3, 0.4) is 0 Å². The van der Waals surface area contributed by atoms with E-state index in [1.54, 1.807) is 23.9 Å². The Hall–Kier alpha value is -0.520. The summed E-state index contributed by atoms with van der Waals surface area (Å²) < 4.78 is 27.5. The number of hydrogen-bond donors (Lipinski definition) is 1. The third-order valence-electron chi connectivity index (χ3n) is 3.45. The summed E-state index contributed by atoms with van der Waals surface area (Å²) in [6.45, 7) is 0. The maximum absolute atomic E-state index is 12.3. The van der Waals surface area contributed by atoms with Gasteiger partial charge in [-0.25, -0.2) is 13.1 Å². The molecular formula is C14H21NO2S2. The molecule has 0 radical (unpaired) electrons. The molecule has 0 bridgehead atoms. The van der Waals surface area contributed by atoms with Gasteiger partial charge in [-0.05, 0) is 36.8 Å². The molecule has 1 saturated carbocycles. The summed E-state index contributed by atoms with van der Waals surface area (Å²) in [4.78, 5) is 0.393. The number of nitrogens with one attached hydrogen (secondary N) is 1. The van der Waals surface area contributed by atoms with Crippen molar-refractivity contribution < 1.29 is 8.42 Å². The normalized spacial score (nSPS) is 17.5. The third-order valence-corrected chi connectivity index (χ3v) is 5.59. The summed E-state index contributed by atoms with van der Waals surface area (Å²) >= 11 is 1.69. The van der Waals surface area contributed by atoms with Crippen molar-refractivity contribution >= 4 is 21.8 Å². The summed E-state index contributed by atoms with van der Waals surface area (Å²) in [5, 5.41) is 0. The second-order valence-electron chi connectivity index (χ2n) is 5.04. The van der Waals surface area contributed by atoms with E-state index in [1.807, 2.05) is 18.4 Å². The molecule has 0 heterocycles. The Kier molecular flexibility index (Phi) is 5.30. The van der Waals surface area contributed by atoms with Crippen molar-refractivity contribution in [1.82, 2.24) is 4.72 Å². The van der Waals surface area contributed by atoms with Crippen LogP contribution in [0.15, 0.2) is 29.2 Å². The van der Waals surface area contributed by atoms with Crippen molar-refractivity contribution in [2.45, 2.75) is 48.8 Å². The Balaban J connectivity index is 2.11. The minimum absolute atomic E-state index is 0.114. The van der Waals surface area contributed by atoms with E-state index in [2.05, 4.69) is 4.72 Å². The summed E-state index contributed by atoms with van der Waals surface area (Å²) in [6.07, 6.45) is 7.41. The van der Waals surface area contributed by atoms with Gasteiger partial charge in [-0.2, -0.15) is 11.8 Å². The van der Waals surface area contributed by atoms with Crippen LogP contribution in [-0.4, -0.2) is 20.7 Å². The van der Waals surface area contributed by atoms with E-state index in [0.29, 0.717) is 4.90 Å². The van der Waals surface area contributed by atoms with Crippen LogP contribution in [0.1, 0.15) is 37.7 Å². The van der Waals surface area contributed by atoms with Crippen LogP contribution in [0.2, 0.25) is 0 Å². The highest BCUT2D eigenvalue weighted by Gasteiger charge is 2.21. The lowest BCUT2D eigenvalue weighted by Crippen LogP contribution is -2.36. The van der Waals surface area contributed by atoms with Gasteiger partial charge in [-0.15, -0.1) is 0 Å². The van der Waals surface area contributed by atoms with Crippen molar-refractivity contribution in [3.8, 4) is 0 Å². The van der Waals surface area contributed by atoms with Crippen LogP contribution in [0.4, 0.5) is 0 Å². The van der Waals surface area contributed by atoms with Crippen molar-refractivity contribution in [3.63, 3.8) is 0 Å². The standard InChI is InChI=1S/C14H21NO2S2/c1-18-11-12-6-5-9-14(10-12)19(16,17)15-13-7-3-2-4-8-13/h5-6,9-10,13,15H,2-4,7-8,11H2,1H3. The number of hydrogen-bond acceptors (Lipinski definition) is 3. The van der Waals surface area contributed by atoms with E-state index < -0.39 is 10.0 Å².